The van der Waals surface area contributed by atoms with Crippen molar-refractivity contribution >= 4 is 11.2 Å². The van der Waals surface area contributed by atoms with Crippen LogP contribution in [-0.2, 0) is 13.0 Å². The Labute approximate surface area is 132 Å². The first-order chi connectivity index (χ1) is 10.4. The smallest absolute Gasteiger partial charge is 0.160 e. The van der Waals surface area contributed by atoms with E-state index in [-0.39, 0.29) is 5.41 Å². The van der Waals surface area contributed by atoms with Gasteiger partial charge in [0.2, 0.25) is 0 Å². The van der Waals surface area contributed by atoms with E-state index in [1.165, 1.54) is 11.1 Å². The van der Waals surface area contributed by atoms with E-state index in [1.54, 1.807) is 0 Å². The molecule has 0 aliphatic rings. The largest absolute Gasteiger partial charge is 0.312 e. The average molecular weight is 293 g/mol. The van der Waals surface area contributed by atoms with E-state index in [4.69, 9.17) is 4.98 Å². The zero-order valence-electron chi connectivity index (χ0n) is 13.8. The van der Waals surface area contributed by atoms with Gasteiger partial charge < -0.3 is 4.57 Å². The third-order valence-corrected chi connectivity index (χ3v) is 3.66. The predicted octanol–water partition coefficient (Wildman–Crippen LogP) is 4.38. The molecule has 3 rings (SSSR count). The maximum atomic E-state index is 4.82. The summed E-state index contributed by atoms with van der Waals surface area (Å²) in [6.07, 6.45) is 2.69. The van der Waals surface area contributed by atoms with Crippen LogP contribution in [0.1, 0.15) is 37.7 Å². The normalized spacial score (nSPS) is 12.0. The number of aromatic nitrogens is 3. The van der Waals surface area contributed by atoms with Crippen molar-refractivity contribution < 1.29 is 0 Å². The Bertz CT molecular complexity index is 794. The molecular weight excluding hydrogens is 270 g/mol. The number of rotatable bonds is 3. The van der Waals surface area contributed by atoms with Gasteiger partial charge in [0.15, 0.2) is 5.65 Å². The zero-order valence-corrected chi connectivity index (χ0v) is 13.8. The molecular formula is C19H23N3. The summed E-state index contributed by atoms with van der Waals surface area (Å²) in [5.41, 5.74) is 4.74. The molecule has 0 saturated heterocycles. The molecule has 0 fully saturated rings. The number of benzene rings is 1. The molecule has 0 saturated carbocycles. The molecule has 0 aliphatic carbocycles. The molecule has 0 spiro atoms. The van der Waals surface area contributed by atoms with Crippen molar-refractivity contribution in [2.75, 3.05) is 0 Å². The van der Waals surface area contributed by atoms with Gasteiger partial charge in [-0.15, -0.1) is 0 Å². The van der Waals surface area contributed by atoms with Gasteiger partial charge in [-0.1, -0.05) is 50.6 Å². The molecule has 2 aromatic heterocycles. The summed E-state index contributed by atoms with van der Waals surface area (Å²) in [6.45, 7) is 9.79. The fourth-order valence-corrected chi connectivity index (χ4v) is 2.79. The van der Waals surface area contributed by atoms with Crippen molar-refractivity contribution in [2.45, 2.75) is 40.7 Å². The molecule has 0 radical (unpaired) electrons. The van der Waals surface area contributed by atoms with Gasteiger partial charge in [-0.2, -0.15) is 0 Å². The fraction of sp³-hybridized carbons (Fsp3) is 0.368. The highest BCUT2D eigenvalue weighted by atomic mass is 15.1. The molecule has 0 N–H and O–H groups in total. The van der Waals surface area contributed by atoms with Crippen LogP contribution in [0.15, 0.2) is 42.6 Å². The SMILES string of the molecule is Cc1cccc(Cc2nc3cccnc3n2CC(C)(C)C)c1. The summed E-state index contributed by atoms with van der Waals surface area (Å²) in [5, 5.41) is 0. The molecule has 0 unspecified atom stereocenters. The Kier molecular flexibility index (Phi) is 3.73. The first kappa shape index (κ1) is 14.8. The minimum absolute atomic E-state index is 0.187. The molecule has 0 aliphatic heterocycles. The standard InChI is InChI=1S/C19H23N3/c1-14-7-5-8-15(11-14)12-17-21-16-9-6-10-20-18(16)22(17)13-19(2,3)4/h5-11H,12-13H2,1-4H3. The van der Waals surface area contributed by atoms with E-state index in [9.17, 15) is 0 Å². The Morgan fingerprint density at radius 2 is 1.91 bits per heavy atom. The first-order valence-electron chi connectivity index (χ1n) is 7.78. The average Bonchev–Trinajstić information content (AvgIpc) is 2.75. The molecule has 3 nitrogen and oxygen atoms in total. The topological polar surface area (TPSA) is 30.7 Å². The van der Waals surface area contributed by atoms with E-state index >= 15 is 0 Å². The Hall–Kier alpha value is -2.16. The quantitative estimate of drug-likeness (QED) is 0.717. The molecule has 3 heteroatoms. The Morgan fingerprint density at radius 3 is 2.64 bits per heavy atom. The number of nitrogens with zero attached hydrogens (tertiary/aromatic N) is 3. The van der Waals surface area contributed by atoms with Crippen LogP contribution in [-0.4, -0.2) is 14.5 Å². The van der Waals surface area contributed by atoms with Crippen molar-refractivity contribution in [1.82, 2.24) is 14.5 Å². The molecule has 0 amide bonds. The lowest BCUT2D eigenvalue weighted by Gasteiger charge is -2.21. The van der Waals surface area contributed by atoms with Crippen molar-refractivity contribution in [3.8, 4) is 0 Å². The second kappa shape index (κ2) is 5.56. The molecule has 1 aromatic carbocycles. The number of hydrogen-bond acceptors (Lipinski definition) is 2. The van der Waals surface area contributed by atoms with Gasteiger partial charge in [0.25, 0.3) is 0 Å². The van der Waals surface area contributed by atoms with Crippen LogP contribution < -0.4 is 0 Å². The molecule has 2 heterocycles. The molecule has 0 bridgehead atoms. The minimum atomic E-state index is 0.187. The van der Waals surface area contributed by atoms with E-state index in [2.05, 4.69) is 61.5 Å². The van der Waals surface area contributed by atoms with Crippen molar-refractivity contribution in [3.05, 3.63) is 59.5 Å². The lowest BCUT2D eigenvalue weighted by atomic mass is 9.96. The first-order valence-corrected chi connectivity index (χ1v) is 7.78. The number of pyridine rings is 1. The highest BCUT2D eigenvalue weighted by Crippen LogP contribution is 2.23. The van der Waals surface area contributed by atoms with Gasteiger partial charge in [0.1, 0.15) is 11.3 Å². The minimum Gasteiger partial charge on any atom is -0.312 e. The van der Waals surface area contributed by atoms with E-state index in [1.807, 2.05) is 18.3 Å². The van der Waals surface area contributed by atoms with E-state index in [0.29, 0.717) is 0 Å². The van der Waals surface area contributed by atoms with Crippen LogP contribution in [0.5, 0.6) is 0 Å². The van der Waals surface area contributed by atoms with Crippen LogP contribution in [0.2, 0.25) is 0 Å². The monoisotopic (exact) mass is 293 g/mol. The van der Waals surface area contributed by atoms with Gasteiger partial charge in [0, 0.05) is 19.2 Å². The molecule has 0 atom stereocenters. The van der Waals surface area contributed by atoms with Gasteiger partial charge >= 0.3 is 0 Å². The highest BCUT2D eigenvalue weighted by Gasteiger charge is 2.18. The van der Waals surface area contributed by atoms with E-state index < -0.39 is 0 Å². The van der Waals surface area contributed by atoms with Gasteiger partial charge in [-0.25, -0.2) is 9.97 Å². The van der Waals surface area contributed by atoms with Gasteiger partial charge in [0.05, 0.1) is 0 Å². The van der Waals surface area contributed by atoms with Gasteiger partial charge in [-0.3, -0.25) is 0 Å². The van der Waals surface area contributed by atoms with Crippen LogP contribution in [0, 0.1) is 12.3 Å². The molecule has 3 aromatic rings. The summed E-state index contributed by atoms with van der Waals surface area (Å²) in [6, 6.07) is 12.6. The number of aryl methyl sites for hydroxylation is 1. The summed E-state index contributed by atoms with van der Waals surface area (Å²) in [5.74, 6) is 1.09. The van der Waals surface area contributed by atoms with Crippen LogP contribution >= 0.6 is 0 Å². The fourth-order valence-electron chi connectivity index (χ4n) is 2.79. The number of imidazole rings is 1. The Balaban J connectivity index is 2.06. The zero-order chi connectivity index (χ0) is 15.7. The summed E-state index contributed by atoms with van der Waals surface area (Å²) in [4.78, 5) is 9.37. The molecule has 22 heavy (non-hydrogen) atoms. The lowest BCUT2D eigenvalue weighted by molar-refractivity contribution is 0.343. The maximum absolute atomic E-state index is 4.82. The van der Waals surface area contributed by atoms with Crippen LogP contribution in [0.3, 0.4) is 0 Å². The Morgan fingerprint density at radius 1 is 1.09 bits per heavy atom. The second-order valence-electron chi connectivity index (χ2n) is 7.19. The predicted molar refractivity (Wildman–Crippen MR) is 91.0 cm³/mol. The second-order valence-corrected chi connectivity index (χ2v) is 7.19. The summed E-state index contributed by atoms with van der Waals surface area (Å²) in [7, 11) is 0. The van der Waals surface area contributed by atoms with E-state index in [0.717, 1.165) is 30.0 Å². The van der Waals surface area contributed by atoms with Crippen molar-refractivity contribution in [1.29, 1.82) is 0 Å². The van der Waals surface area contributed by atoms with Crippen LogP contribution in [0.4, 0.5) is 0 Å². The van der Waals surface area contributed by atoms with Crippen molar-refractivity contribution in [2.24, 2.45) is 5.41 Å². The van der Waals surface area contributed by atoms with Gasteiger partial charge in [-0.05, 0) is 30.0 Å². The van der Waals surface area contributed by atoms with Crippen LogP contribution in [0.25, 0.3) is 11.2 Å². The highest BCUT2D eigenvalue weighted by molar-refractivity contribution is 5.71. The number of fused-ring (bicyclic) bond motifs is 1. The lowest BCUT2D eigenvalue weighted by Crippen LogP contribution is -2.18. The number of hydrogen-bond donors (Lipinski definition) is 0. The third-order valence-electron chi connectivity index (χ3n) is 3.66. The van der Waals surface area contributed by atoms with Crippen molar-refractivity contribution in [3.63, 3.8) is 0 Å². The summed E-state index contributed by atoms with van der Waals surface area (Å²) < 4.78 is 2.28. The summed E-state index contributed by atoms with van der Waals surface area (Å²) >= 11 is 0. The maximum Gasteiger partial charge on any atom is 0.160 e. The molecule has 114 valence electrons. The third kappa shape index (κ3) is 3.19.